The molecule has 2 aromatic heterocycles. The molecule has 3 rings (SSSR count). The molecular formula is C18H15N3O4. The average Bonchev–Trinajstić information content (AvgIpc) is 2.68. The van der Waals surface area contributed by atoms with Gasteiger partial charge in [-0.25, -0.2) is 9.78 Å². The molecule has 0 amide bonds. The fourth-order valence-corrected chi connectivity index (χ4v) is 2.13. The van der Waals surface area contributed by atoms with Crippen molar-refractivity contribution in [3.05, 3.63) is 60.4 Å². The SMILES string of the molecule is COC(=O)c1ccccc1Oc1nc(-c2ccccn2)ncc1OC. The van der Waals surface area contributed by atoms with E-state index in [4.69, 9.17) is 14.2 Å². The van der Waals surface area contributed by atoms with Crippen molar-refractivity contribution in [1.82, 2.24) is 15.0 Å². The van der Waals surface area contributed by atoms with Crippen molar-refractivity contribution in [2.24, 2.45) is 0 Å². The van der Waals surface area contributed by atoms with Crippen LogP contribution in [0.4, 0.5) is 0 Å². The zero-order valence-electron chi connectivity index (χ0n) is 13.7. The van der Waals surface area contributed by atoms with Crippen LogP contribution >= 0.6 is 0 Å². The topological polar surface area (TPSA) is 83.4 Å². The predicted octanol–water partition coefficient (Wildman–Crippen LogP) is 3.13. The number of rotatable bonds is 5. The molecule has 0 bridgehead atoms. The molecule has 7 heteroatoms. The first-order valence-electron chi connectivity index (χ1n) is 7.40. The average molecular weight is 337 g/mol. The number of aromatic nitrogens is 3. The number of hydrogen-bond donors (Lipinski definition) is 0. The number of nitrogens with zero attached hydrogens (tertiary/aromatic N) is 3. The smallest absolute Gasteiger partial charge is 0.341 e. The van der Waals surface area contributed by atoms with E-state index in [0.29, 0.717) is 23.0 Å². The molecule has 0 aliphatic carbocycles. The van der Waals surface area contributed by atoms with E-state index in [9.17, 15) is 4.79 Å². The third-order valence-corrected chi connectivity index (χ3v) is 3.34. The molecule has 0 aliphatic rings. The van der Waals surface area contributed by atoms with Gasteiger partial charge < -0.3 is 14.2 Å². The Hall–Kier alpha value is -3.48. The number of esters is 1. The summed E-state index contributed by atoms with van der Waals surface area (Å²) >= 11 is 0. The number of pyridine rings is 1. The molecule has 0 atom stereocenters. The van der Waals surface area contributed by atoms with Crippen molar-refractivity contribution < 1.29 is 19.0 Å². The first kappa shape index (κ1) is 16.4. The van der Waals surface area contributed by atoms with Gasteiger partial charge in [0.05, 0.1) is 20.4 Å². The molecule has 0 fully saturated rings. The van der Waals surface area contributed by atoms with Crippen molar-refractivity contribution in [3.8, 4) is 28.9 Å². The molecular weight excluding hydrogens is 322 g/mol. The molecule has 126 valence electrons. The van der Waals surface area contributed by atoms with E-state index in [2.05, 4.69) is 15.0 Å². The molecule has 0 spiro atoms. The second-order valence-electron chi connectivity index (χ2n) is 4.87. The van der Waals surface area contributed by atoms with Gasteiger partial charge in [0.1, 0.15) is 17.0 Å². The largest absolute Gasteiger partial charge is 0.490 e. The van der Waals surface area contributed by atoms with Crippen molar-refractivity contribution in [3.63, 3.8) is 0 Å². The van der Waals surface area contributed by atoms with Gasteiger partial charge in [-0.15, -0.1) is 0 Å². The summed E-state index contributed by atoms with van der Waals surface area (Å²) in [5, 5.41) is 0. The van der Waals surface area contributed by atoms with Crippen LogP contribution in [0.25, 0.3) is 11.5 Å². The number of carbonyl (C=O) groups excluding carboxylic acids is 1. The molecule has 0 saturated carbocycles. The van der Waals surface area contributed by atoms with E-state index in [1.165, 1.54) is 20.4 Å². The van der Waals surface area contributed by atoms with Crippen molar-refractivity contribution >= 4 is 5.97 Å². The quantitative estimate of drug-likeness (QED) is 0.661. The van der Waals surface area contributed by atoms with Gasteiger partial charge in [0, 0.05) is 6.20 Å². The maximum Gasteiger partial charge on any atom is 0.341 e. The minimum atomic E-state index is -0.506. The maximum atomic E-state index is 11.9. The Balaban J connectivity index is 2.01. The predicted molar refractivity (Wildman–Crippen MR) is 89.7 cm³/mol. The van der Waals surface area contributed by atoms with Crippen LogP contribution in [0.15, 0.2) is 54.9 Å². The van der Waals surface area contributed by atoms with E-state index in [0.717, 1.165) is 0 Å². The van der Waals surface area contributed by atoms with Crippen LogP contribution in [0.3, 0.4) is 0 Å². The summed E-state index contributed by atoms with van der Waals surface area (Å²) in [6.45, 7) is 0. The second kappa shape index (κ2) is 7.39. The van der Waals surface area contributed by atoms with Gasteiger partial charge in [0.25, 0.3) is 5.88 Å². The molecule has 0 aliphatic heterocycles. The summed E-state index contributed by atoms with van der Waals surface area (Å²) in [5.74, 6) is 0.688. The summed E-state index contributed by atoms with van der Waals surface area (Å²) < 4.78 is 15.8. The number of carbonyl (C=O) groups is 1. The minimum Gasteiger partial charge on any atom is -0.490 e. The van der Waals surface area contributed by atoms with Crippen LogP contribution in [-0.4, -0.2) is 35.1 Å². The van der Waals surface area contributed by atoms with Crippen molar-refractivity contribution in [1.29, 1.82) is 0 Å². The highest BCUT2D eigenvalue weighted by Gasteiger charge is 2.17. The van der Waals surface area contributed by atoms with Gasteiger partial charge in [-0.2, -0.15) is 4.98 Å². The highest BCUT2D eigenvalue weighted by atomic mass is 16.5. The normalized spacial score (nSPS) is 10.2. The molecule has 0 saturated heterocycles. The second-order valence-corrected chi connectivity index (χ2v) is 4.87. The van der Waals surface area contributed by atoms with Gasteiger partial charge in [-0.3, -0.25) is 4.98 Å². The monoisotopic (exact) mass is 337 g/mol. The van der Waals surface area contributed by atoms with E-state index in [1.54, 1.807) is 42.6 Å². The number of hydrogen-bond acceptors (Lipinski definition) is 7. The number of methoxy groups -OCH3 is 2. The van der Waals surface area contributed by atoms with Crippen LogP contribution in [-0.2, 0) is 4.74 Å². The lowest BCUT2D eigenvalue weighted by Crippen LogP contribution is -2.05. The number of para-hydroxylation sites is 1. The fourth-order valence-electron chi connectivity index (χ4n) is 2.13. The van der Waals surface area contributed by atoms with E-state index < -0.39 is 5.97 Å². The Morgan fingerprint density at radius 2 is 1.76 bits per heavy atom. The molecule has 25 heavy (non-hydrogen) atoms. The van der Waals surface area contributed by atoms with Gasteiger partial charge in [0.15, 0.2) is 11.6 Å². The van der Waals surface area contributed by atoms with Crippen LogP contribution < -0.4 is 9.47 Å². The zero-order valence-corrected chi connectivity index (χ0v) is 13.7. The molecule has 0 N–H and O–H groups in total. The summed E-state index contributed by atoms with van der Waals surface area (Å²) in [6.07, 6.45) is 3.14. The number of ether oxygens (including phenoxy) is 3. The lowest BCUT2D eigenvalue weighted by atomic mass is 10.2. The van der Waals surface area contributed by atoms with E-state index >= 15 is 0 Å². The molecule has 0 radical (unpaired) electrons. The summed E-state index contributed by atoms with van der Waals surface area (Å²) in [4.78, 5) is 24.7. The molecule has 1 aromatic carbocycles. The molecule has 2 heterocycles. The summed E-state index contributed by atoms with van der Waals surface area (Å²) in [6, 6.07) is 12.1. The highest BCUT2D eigenvalue weighted by Crippen LogP contribution is 2.32. The van der Waals surface area contributed by atoms with Gasteiger partial charge in [-0.1, -0.05) is 18.2 Å². The lowest BCUT2D eigenvalue weighted by Gasteiger charge is -2.12. The fraction of sp³-hybridized carbons (Fsp3) is 0.111. The van der Waals surface area contributed by atoms with Crippen LogP contribution in [0.2, 0.25) is 0 Å². The van der Waals surface area contributed by atoms with Crippen LogP contribution in [0, 0.1) is 0 Å². The summed E-state index contributed by atoms with van der Waals surface area (Å²) in [7, 11) is 2.79. The summed E-state index contributed by atoms with van der Waals surface area (Å²) in [5.41, 5.74) is 0.876. The molecule has 0 unspecified atom stereocenters. The van der Waals surface area contributed by atoms with Crippen molar-refractivity contribution in [2.45, 2.75) is 0 Å². The van der Waals surface area contributed by atoms with Gasteiger partial charge in [-0.05, 0) is 24.3 Å². The van der Waals surface area contributed by atoms with Crippen LogP contribution in [0.1, 0.15) is 10.4 Å². The minimum absolute atomic E-state index is 0.175. The Labute approximate surface area is 144 Å². The standard InChI is InChI=1S/C18H15N3O4/c1-23-15-11-20-16(13-8-5-6-10-19-13)21-17(15)25-14-9-4-3-7-12(14)18(22)24-2/h3-11H,1-2H3. The highest BCUT2D eigenvalue weighted by molar-refractivity contribution is 5.92. The van der Waals surface area contributed by atoms with Crippen molar-refractivity contribution in [2.75, 3.05) is 14.2 Å². The number of benzene rings is 1. The molecule has 3 aromatic rings. The maximum absolute atomic E-state index is 11.9. The van der Waals surface area contributed by atoms with Gasteiger partial charge in [0.2, 0.25) is 0 Å². The third kappa shape index (κ3) is 3.55. The van der Waals surface area contributed by atoms with E-state index in [-0.39, 0.29) is 11.4 Å². The zero-order chi connectivity index (χ0) is 17.6. The first-order valence-corrected chi connectivity index (χ1v) is 7.40. The Morgan fingerprint density at radius 1 is 0.960 bits per heavy atom. The van der Waals surface area contributed by atoms with E-state index in [1.807, 2.05) is 6.07 Å². The Morgan fingerprint density at radius 3 is 2.48 bits per heavy atom. The lowest BCUT2D eigenvalue weighted by molar-refractivity contribution is 0.0597. The Kier molecular flexibility index (Phi) is 4.84. The van der Waals surface area contributed by atoms with Gasteiger partial charge >= 0.3 is 5.97 Å². The first-order chi connectivity index (χ1) is 12.2. The molecule has 7 nitrogen and oxygen atoms in total. The van der Waals surface area contributed by atoms with Crippen LogP contribution in [0.5, 0.6) is 17.4 Å². The third-order valence-electron chi connectivity index (χ3n) is 3.34. The Bertz CT molecular complexity index is 884.